The monoisotopic (exact) mass is 382 g/mol. The Morgan fingerprint density at radius 3 is 2.38 bits per heavy atom. The van der Waals surface area contributed by atoms with Crippen LogP contribution in [-0.4, -0.2) is 16.1 Å². The van der Waals surface area contributed by atoms with Crippen molar-refractivity contribution in [2.45, 2.75) is 6.54 Å². The third-order valence-electron chi connectivity index (χ3n) is 3.31. The standard InChI is InChI=1S/C18H15BrN4O/c19-15-8-4-7-14(11-15)18(24)21-17-10-9-16(22-23-17)20-12-13-5-2-1-3-6-13/h1-11H,12H2,(H,20,22)(H,21,23,24). The van der Waals surface area contributed by atoms with Crippen molar-refractivity contribution >= 4 is 33.5 Å². The number of benzene rings is 2. The van der Waals surface area contributed by atoms with Gasteiger partial charge in [0.05, 0.1) is 0 Å². The van der Waals surface area contributed by atoms with E-state index < -0.39 is 0 Å². The van der Waals surface area contributed by atoms with Crippen LogP contribution in [0.15, 0.2) is 71.2 Å². The SMILES string of the molecule is O=C(Nc1ccc(NCc2ccccc2)nn1)c1cccc(Br)c1. The van der Waals surface area contributed by atoms with Crippen molar-refractivity contribution in [1.82, 2.24) is 10.2 Å². The first-order valence-electron chi connectivity index (χ1n) is 7.39. The lowest BCUT2D eigenvalue weighted by Gasteiger charge is -2.07. The fourth-order valence-electron chi connectivity index (χ4n) is 2.10. The summed E-state index contributed by atoms with van der Waals surface area (Å²) in [6.45, 7) is 0.666. The van der Waals surface area contributed by atoms with Crippen LogP contribution in [0.3, 0.4) is 0 Å². The van der Waals surface area contributed by atoms with Gasteiger partial charge in [-0.2, -0.15) is 0 Å². The highest BCUT2D eigenvalue weighted by Gasteiger charge is 2.07. The van der Waals surface area contributed by atoms with Crippen LogP contribution in [0.2, 0.25) is 0 Å². The molecule has 24 heavy (non-hydrogen) atoms. The number of hydrogen-bond acceptors (Lipinski definition) is 4. The molecule has 0 aliphatic heterocycles. The molecule has 1 heterocycles. The van der Waals surface area contributed by atoms with E-state index >= 15 is 0 Å². The molecule has 0 unspecified atom stereocenters. The van der Waals surface area contributed by atoms with Crippen molar-refractivity contribution in [3.63, 3.8) is 0 Å². The summed E-state index contributed by atoms with van der Waals surface area (Å²) in [6, 6.07) is 20.7. The number of nitrogens with zero attached hydrogens (tertiary/aromatic N) is 2. The molecular formula is C18H15BrN4O. The fraction of sp³-hybridized carbons (Fsp3) is 0.0556. The molecule has 120 valence electrons. The minimum absolute atomic E-state index is 0.226. The van der Waals surface area contributed by atoms with Crippen molar-refractivity contribution in [3.05, 3.63) is 82.3 Å². The Hall–Kier alpha value is -2.73. The smallest absolute Gasteiger partial charge is 0.256 e. The van der Waals surface area contributed by atoms with Crippen LogP contribution < -0.4 is 10.6 Å². The summed E-state index contributed by atoms with van der Waals surface area (Å²) in [5.74, 6) is 0.833. The van der Waals surface area contributed by atoms with E-state index in [1.807, 2.05) is 36.4 Å². The Morgan fingerprint density at radius 1 is 0.917 bits per heavy atom. The van der Waals surface area contributed by atoms with E-state index in [2.05, 4.69) is 36.8 Å². The minimum atomic E-state index is -0.226. The van der Waals surface area contributed by atoms with Crippen molar-refractivity contribution in [2.75, 3.05) is 10.6 Å². The second-order valence-electron chi connectivity index (χ2n) is 5.11. The summed E-state index contributed by atoms with van der Waals surface area (Å²) >= 11 is 3.35. The molecule has 6 heteroatoms. The molecule has 5 nitrogen and oxygen atoms in total. The summed E-state index contributed by atoms with van der Waals surface area (Å²) in [4.78, 5) is 12.1. The maximum absolute atomic E-state index is 12.1. The van der Waals surface area contributed by atoms with E-state index in [9.17, 15) is 4.79 Å². The van der Waals surface area contributed by atoms with Crippen molar-refractivity contribution in [1.29, 1.82) is 0 Å². The molecule has 1 aromatic heterocycles. The van der Waals surface area contributed by atoms with Crippen LogP contribution in [0.4, 0.5) is 11.6 Å². The number of carbonyl (C=O) groups is 1. The van der Waals surface area contributed by atoms with Gasteiger partial charge in [-0.15, -0.1) is 10.2 Å². The lowest BCUT2D eigenvalue weighted by atomic mass is 10.2. The fourth-order valence-corrected chi connectivity index (χ4v) is 2.50. The largest absolute Gasteiger partial charge is 0.365 e. The van der Waals surface area contributed by atoms with Gasteiger partial charge < -0.3 is 10.6 Å². The number of amides is 1. The molecule has 2 N–H and O–H groups in total. The van der Waals surface area contributed by atoms with Gasteiger partial charge in [0.2, 0.25) is 0 Å². The molecule has 1 amide bonds. The molecule has 3 rings (SSSR count). The quantitative estimate of drug-likeness (QED) is 0.696. The van der Waals surface area contributed by atoms with Crippen molar-refractivity contribution < 1.29 is 4.79 Å². The first kappa shape index (κ1) is 16.1. The van der Waals surface area contributed by atoms with E-state index in [0.717, 1.165) is 10.0 Å². The molecule has 2 aromatic carbocycles. The molecule has 0 atom stereocenters. The Bertz CT molecular complexity index is 822. The second kappa shape index (κ2) is 7.70. The normalized spacial score (nSPS) is 10.2. The summed E-state index contributed by atoms with van der Waals surface area (Å²) in [7, 11) is 0. The zero-order valence-electron chi connectivity index (χ0n) is 12.7. The molecule has 3 aromatic rings. The van der Waals surface area contributed by atoms with E-state index in [1.54, 1.807) is 30.3 Å². The Morgan fingerprint density at radius 2 is 1.67 bits per heavy atom. The predicted molar refractivity (Wildman–Crippen MR) is 97.9 cm³/mol. The molecule has 0 saturated heterocycles. The molecular weight excluding hydrogens is 368 g/mol. The third kappa shape index (κ3) is 4.39. The van der Waals surface area contributed by atoms with Gasteiger partial charge in [0, 0.05) is 16.6 Å². The second-order valence-corrected chi connectivity index (χ2v) is 6.02. The number of carbonyl (C=O) groups excluding carboxylic acids is 1. The van der Waals surface area contributed by atoms with Gasteiger partial charge in [0.25, 0.3) is 5.91 Å². The number of nitrogens with one attached hydrogen (secondary N) is 2. The maximum atomic E-state index is 12.1. The van der Waals surface area contributed by atoms with Gasteiger partial charge in [0.15, 0.2) is 5.82 Å². The van der Waals surface area contributed by atoms with E-state index in [4.69, 9.17) is 0 Å². The Balaban J connectivity index is 1.59. The molecule has 0 radical (unpaired) electrons. The highest BCUT2D eigenvalue weighted by Crippen LogP contribution is 2.14. The first-order valence-corrected chi connectivity index (χ1v) is 8.18. The van der Waals surface area contributed by atoms with Gasteiger partial charge in [0.1, 0.15) is 5.82 Å². The lowest BCUT2D eigenvalue weighted by molar-refractivity contribution is 0.102. The zero-order chi connectivity index (χ0) is 16.8. The molecule has 0 aliphatic rings. The highest BCUT2D eigenvalue weighted by atomic mass is 79.9. The Kier molecular flexibility index (Phi) is 5.18. The number of anilines is 2. The number of hydrogen-bond donors (Lipinski definition) is 2. The van der Waals surface area contributed by atoms with Crippen LogP contribution in [-0.2, 0) is 6.54 Å². The lowest BCUT2D eigenvalue weighted by Crippen LogP contribution is -2.13. The summed E-state index contributed by atoms with van der Waals surface area (Å²) in [5.41, 5.74) is 1.71. The summed E-state index contributed by atoms with van der Waals surface area (Å²) < 4.78 is 0.849. The van der Waals surface area contributed by atoms with Crippen LogP contribution in [0, 0.1) is 0 Å². The number of rotatable bonds is 5. The van der Waals surface area contributed by atoms with E-state index in [1.165, 1.54) is 0 Å². The molecule has 0 fully saturated rings. The molecule has 0 bridgehead atoms. The van der Waals surface area contributed by atoms with Crippen LogP contribution in [0.1, 0.15) is 15.9 Å². The van der Waals surface area contributed by atoms with Crippen molar-refractivity contribution in [2.24, 2.45) is 0 Å². The van der Waals surface area contributed by atoms with Gasteiger partial charge in [-0.1, -0.05) is 52.3 Å². The predicted octanol–water partition coefficient (Wildman–Crippen LogP) is 4.10. The van der Waals surface area contributed by atoms with Crippen molar-refractivity contribution in [3.8, 4) is 0 Å². The van der Waals surface area contributed by atoms with Gasteiger partial charge in [-0.3, -0.25) is 4.79 Å². The van der Waals surface area contributed by atoms with Crippen LogP contribution in [0.25, 0.3) is 0 Å². The first-order chi connectivity index (χ1) is 11.7. The average molecular weight is 383 g/mol. The topological polar surface area (TPSA) is 66.9 Å². The molecule has 0 spiro atoms. The van der Waals surface area contributed by atoms with Crippen LogP contribution >= 0.6 is 15.9 Å². The minimum Gasteiger partial charge on any atom is -0.365 e. The van der Waals surface area contributed by atoms with E-state index in [0.29, 0.717) is 23.7 Å². The Labute approximate surface area is 148 Å². The zero-order valence-corrected chi connectivity index (χ0v) is 14.3. The number of aromatic nitrogens is 2. The number of halogens is 1. The average Bonchev–Trinajstić information content (AvgIpc) is 2.62. The van der Waals surface area contributed by atoms with Gasteiger partial charge in [-0.25, -0.2) is 0 Å². The summed E-state index contributed by atoms with van der Waals surface area (Å²) in [5, 5.41) is 14.0. The maximum Gasteiger partial charge on any atom is 0.256 e. The molecule has 0 aliphatic carbocycles. The van der Waals surface area contributed by atoms with Gasteiger partial charge in [-0.05, 0) is 35.9 Å². The summed E-state index contributed by atoms with van der Waals surface area (Å²) in [6.07, 6.45) is 0. The highest BCUT2D eigenvalue weighted by molar-refractivity contribution is 9.10. The van der Waals surface area contributed by atoms with Gasteiger partial charge >= 0.3 is 0 Å². The molecule has 0 saturated carbocycles. The third-order valence-corrected chi connectivity index (χ3v) is 3.80. The van der Waals surface area contributed by atoms with Crippen LogP contribution in [0.5, 0.6) is 0 Å². The van der Waals surface area contributed by atoms with E-state index in [-0.39, 0.29) is 5.91 Å².